The molecule has 0 spiro atoms. The Bertz CT molecular complexity index is 920. The van der Waals surface area contributed by atoms with Crippen molar-refractivity contribution in [2.45, 2.75) is 13.8 Å². The second-order valence-electron chi connectivity index (χ2n) is 5.62. The molecule has 0 aliphatic rings. The molecule has 0 aliphatic carbocycles. The van der Waals surface area contributed by atoms with Crippen molar-refractivity contribution in [2.75, 3.05) is 0 Å². The fraction of sp³-hybridized carbons (Fsp3) is 0.176. The average molecular weight is 410 g/mol. The van der Waals surface area contributed by atoms with Crippen molar-refractivity contribution in [1.29, 1.82) is 0 Å². The summed E-state index contributed by atoms with van der Waals surface area (Å²) in [6.07, 6.45) is 0. The number of benzene rings is 2. The van der Waals surface area contributed by atoms with Gasteiger partial charge in [-0.15, -0.1) is 0 Å². The fourth-order valence-electron chi connectivity index (χ4n) is 1.87. The molecule has 0 atom stereocenters. The van der Waals surface area contributed by atoms with E-state index in [4.69, 9.17) is 0 Å². The van der Waals surface area contributed by atoms with Crippen molar-refractivity contribution in [3.63, 3.8) is 0 Å². The van der Waals surface area contributed by atoms with E-state index in [1.165, 1.54) is 13.8 Å². The Kier molecular flexibility index (Phi) is 5.95. The van der Waals surface area contributed by atoms with Gasteiger partial charge in [0.2, 0.25) is 23.1 Å². The topological polar surface area (TPSA) is 52.6 Å². The molecule has 0 N–H and O–H groups in total. The van der Waals surface area contributed by atoms with E-state index in [9.17, 15) is 40.3 Å². The summed E-state index contributed by atoms with van der Waals surface area (Å²) in [5, 5.41) is 0. The predicted molar refractivity (Wildman–Crippen MR) is 78.0 cm³/mol. The van der Waals surface area contributed by atoms with Crippen LogP contribution in [0.1, 0.15) is 24.2 Å². The molecule has 0 heterocycles. The molecule has 0 fully saturated rings. The van der Waals surface area contributed by atoms with Crippen LogP contribution in [0.25, 0.3) is 0 Å². The van der Waals surface area contributed by atoms with Gasteiger partial charge in [-0.05, 0) is 0 Å². The fourth-order valence-corrected chi connectivity index (χ4v) is 1.87. The van der Waals surface area contributed by atoms with Crippen molar-refractivity contribution in [2.24, 2.45) is 5.92 Å². The first-order valence-corrected chi connectivity index (χ1v) is 7.40. The molecule has 0 amide bonds. The second kappa shape index (κ2) is 7.87. The van der Waals surface area contributed by atoms with E-state index in [2.05, 4.69) is 9.47 Å². The van der Waals surface area contributed by atoms with Crippen LogP contribution in [0.5, 0.6) is 11.5 Å². The normalized spacial score (nSPS) is 10.9. The van der Waals surface area contributed by atoms with Gasteiger partial charge in [0.15, 0.2) is 23.3 Å². The molecule has 2 aromatic carbocycles. The van der Waals surface area contributed by atoms with Crippen LogP contribution in [-0.2, 0) is 4.79 Å². The van der Waals surface area contributed by atoms with Crippen molar-refractivity contribution in [3.05, 3.63) is 58.4 Å². The Hall–Kier alpha value is -3.11. The van der Waals surface area contributed by atoms with Crippen molar-refractivity contribution in [1.82, 2.24) is 0 Å². The highest BCUT2D eigenvalue weighted by Gasteiger charge is 2.33. The van der Waals surface area contributed by atoms with E-state index >= 15 is 0 Å². The summed E-state index contributed by atoms with van der Waals surface area (Å²) in [6, 6.07) is 0.183. The predicted octanol–water partition coefficient (Wildman–Crippen LogP) is 4.44. The Balaban J connectivity index is 2.50. The lowest BCUT2D eigenvalue weighted by molar-refractivity contribution is -0.138. The number of hydrogen-bond acceptors (Lipinski definition) is 4. The minimum Gasteiger partial charge on any atom is -0.420 e. The molecule has 0 aromatic heterocycles. The van der Waals surface area contributed by atoms with Gasteiger partial charge in [-0.1, -0.05) is 13.8 Å². The molecule has 2 aromatic rings. The monoisotopic (exact) mass is 410 g/mol. The van der Waals surface area contributed by atoms with E-state index in [-0.39, 0.29) is 12.1 Å². The van der Waals surface area contributed by atoms with Gasteiger partial charge >= 0.3 is 11.9 Å². The van der Waals surface area contributed by atoms with Crippen molar-refractivity contribution >= 4 is 11.9 Å². The Morgan fingerprint density at radius 2 is 1.21 bits per heavy atom. The van der Waals surface area contributed by atoms with Gasteiger partial charge in [-0.2, -0.15) is 8.78 Å². The maximum absolute atomic E-state index is 14.1. The van der Waals surface area contributed by atoms with E-state index in [1.807, 2.05) is 0 Å². The number of halogens is 7. The summed E-state index contributed by atoms with van der Waals surface area (Å²) in [5.41, 5.74) is -1.98. The molecule has 0 saturated carbocycles. The van der Waals surface area contributed by atoms with Crippen molar-refractivity contribution < 1.29 is 49.8 Å². The largest absolute Gasteiger partial charge is 0.420 e. The molecule has 28 heavy (non-hydrogen) atoms. The molecule has 0 aliphatic heterocycles. The number of carbonyl (C=O) groups excluding carboxylic acids is 2. The van der Waals surface area contributed by atoms with Crippen LogP contribution in [0, 0.1) is 46.6 Å². The summed E-state index contributed by atoms with van der Waals surface area (Å²) >= 11 is 0. The number of hydrogen-bond donors (Lipinski definition) is 0. The summed E-state index contributed by atoms with van der Waals surface area (Å²) in [5.74, 6) is -21.7. The molecule has 150 valence electrons. The summed E-state index contributed by atoms with van der Waals surface area (Å²) in [7, 11) is 0. The molecule has 2 rings (SSSR count). The first-order chi connectivity index (χ1) is 13.0. The highest BCUT2D eigenvalue weighted by atomic mass is 19.2. The SMILES string of the molecule is CC(C)C(=O)Oc1c(F)c(F)c(C(=O)Oc2c(F)cc(F)cc2F)c(F)c1F. The third kappa shape index (κ3) is 3.92. The van der Waals surface area contributed by atoms with Crippen LogP contribution in [-0.4, -0.2) is 11.9 Å². The molecule has 0 bridgehead atoms. The summed E-state index contributed by atoms with van der Waals surface area (Å²) in [4.78, 5) is 23.2. The van der Waals surface area contributed by atoms with Gasteiger partial charge in [-0.3, -0.25) is 4.79 Å². The van der Waals surface area contributed by atoms with Gasteiger partial charge in [-0.25, -0.2) is 26.7 Å². The average Bonchev–Trinajstić information content (AvgIpc) is 2.59. The zero-order chi connectivity index (χ0) is 21.3. The van der Waals surface area contributed by atoms with Crippen LogP contribution < -0.4 is 9.47 Å². The molecule has 11 heteroatoms. The Morgan fingerprint density at radius 3 is 1.64 bits per heavy atom. The van der Waals surface area contributed by atoms with Gasteiger partial charge in [0, 0.05) is 12.1 Å². The quantitative estimate of drug-likeness (QED) is 0.324. The zero-order valence-electron chi connectivity index (χ0n) is 14.0. The van der Waals surface area contributed by atoms with Gasteiger partial charge in [0.25, 0.3) is 0 Å². The summed E-state index contributed by atoms with van der Waals surface area (Å²) < 4.78 is 104. The highest BCUT2D eigenvalue weighted by Crippen LogP contribution is 2.32. The van der Waals surface area contributed by atoms with Gasteiger partial charge in [0.1, 0.15) is 11.4 Å². The maximum atomic E-state index is 14.1. The Labute approximate surface area is 152 Å². The minimum absolute atomic E-state index is 0.0913. The smallest absolute Gasteiger partial charge is 0.349 e. The lowest BCUT2D eigenvalue weighted by Crippen LogP contribution is -2.21. The standard InChI is InChI=1S/C17H9F7O4/c1-5(2)16(25)28-15-12(23)10(21)9(11(22)13(15)24)17(26)27-14-7(19)3-6(18)4-8(14)20/h3-5H,1-2H3. The third-order valence-corrected chi connectivity index (χ3v) is 3.26. The van der Waals surface area contributed by atoms with Crippen LogP contribution in [0.2, 0.25) is 0 Å². The second-order valence-corrected chi connectivity index (χ2v) is 5.62. The lowest BCUT2D eigenvalue weighted by Gasteiger charge is -2.13. The van der Waals surface area contributed by atoms with Crippen LogP contribution >= 0.6 is 0 Å². The molecule has 0 unspecified atom stereocenters. The molecular weight excluding hydrogens is 401 g/mol. The third-order valence-electron chi connectivity index (χ3n) is 3.26. The van der Waals surface area contributed by atoms with E-state index in [0.717, 1.165) is 0 Å². The minimum atomic E-state index is -2.33. The molecule has 4 nitrogen and oxygen atoms in total. The van der Waals surface area contributed by atoms with Crippen LogP contribution in [0.15, 0.2) is 12.1 Å². The number of carbonyl (C=O) groups is 2. The van der Waals surface area contributed by atoms with Crippen LogP contribution in [0.4, 0.5) is 30.7 Å². The number of rotatable bonds is 4. The van der Waals surface area contributed by atoms with Gasteiger partial charge in [0.05, 0.1) is 5.92 Å². The van der Waals surface area contributed by atoms with E-state index < -0.39 is 75.6 Å². The first kappa shape index (κ1) is 21.2. The van der Waals surface area contributed by atoms with Crippen LogP contribution in [0.3, 0.4) is 0 Å². The highest BCUT2D eigenvalue weighted by molar-refractivity contribution is 5.92. The lowest BCUT2D eigenvalue weighted by atomic mass is 10.1. The first-order valence-electron chi connectivity index (χ1n) is 7.40. The molecular formula is C17H9F7O4. The zero-order valence-corrected chi connectivity index (χ0v) is 14.0. The van der Waals surface area contributed by atoms with E-state index in [0.29, 0.717) is 0 Å². The van der Waals surface area contributed by atoms with Crippen molar-refractivity contribution in [3.8, 4) is 11.5 Å². The Morgan fingerprint density at radius 1 is 0.750 bits per heavy atom. The number of esters is 2. The van der Waals surface area contributed by atoms with E-state index in [1.54, 1.807) is 0 Å². The van der Waals surface area contributed by atoms with Gasteiger partial charge < -0.3 is 9.47 Å². The number of ether oxygens (including phenoxy) is 2. The molecule has 0 saturated heterocycles. The maximum Gasteiger partial charge on any atom is 0.349 e. The summed E-state index contributed by atoms with van der Waals surface area (Å²) in [6.45, 7) is 2.53. The molecule has 0 radical (unpaired) electrons.